The summed E-state index contributed by atoms with van der Waals surface area (Å²) >= 11 is 0. The summed E-state index contributed by atoms with van der Waals surface area (Å²) in [6.45, 7) is 9.06. The molecule has 1 aliphatic heterocycles. The summed E-state index contributed by atoms with van der Waals surface area (Å²) in [5.41, 5.74) is 1.30. The molecule has 0 unspecified atom stereocenters. The van der Waals surface area contributed by atoms with E-state index in [1.807, 2.05) is 12.3 Å². The van der Waals surface area contributed by atoms with Gasteiger partial charge in [-0.1, -0.05) is 13.0 Å². The maximum absolute atomic E-state index is 5.12. The quantitative estimate of drug-likeness (QED) is 0.811. The van der Waals surface area contributed by atoms with Crippen molar-refractivity contribution in [3.63, 3.8) is 0 Å². The van der Waals surface area contributed by atoms with E-state index < -0.39 is 0 Å². The predicted octanol–water partition coefficient (Wildman–Crippen LogP) is 2.17. The van der Waals surface area contributed by atoms with Gasteiger partial charge in [0.15, 0.2) is 0 Å². The Balaban J connectivity index is 1.84. The van der Waals surface area contributed by atoms with Crippen molar-refractivity contribution >= 4 is 5.82 Å². The van der Waals surface area contributed by atoms with Crippen molar-refractivity contribution in [2.75, 3.05) is 18.5 Å². The van der Waals surface area contributed by atoms with Crippen LogP contribution in [0.3, 0.4) is 0 Å². The topological polar surface area (TPSA) is 46.2 Å². The minimum absolute atomic E-state index is 0.0933. The van der Waals surface area contributed by atoms with Gasteiger partial charge in [0.2, 0.25) is 0 Å². The van der Waals surface area contributed by atoms with Crippen LogP contribution in [-0.4, -0.2) is 29.8 Å². The van der Waals surface area contributed by atoms with Gasteiger partial charge >= 0.3 is 0 Å². The largest absolute Gasteiger partial charge is 0.378 e. The smallest absolute Gasteiger partial charge is 0.126 e. The fourth-order valence-electron chi connectivity index (χ4n) is 1.65. The molecule has 0 saturated carbocycles. The lowest BCUT2D eigenvalue weighted by molar-refractivity contribution is -0.00579. The average Bonchev–Trinajstić information content (AvgIpc) is 2.29. The van der Waals surface area contributed by atoms with Gasteiger partial charge in [0.1, 0.15) is 5.82 Å². The highest BCUT2D eigenvalue weighted by Gasteiger charge is 2.17. The molecule has 1 fully saturated rings. The van der Waals surface area contributed by atoms with Gasteiger partial charge < -0.3 is 15.4 Å². The van der Waals surface area contributed by atoms with Crippen molar-refractivity contribution in [1.82, 2.24) is 10.3 Å². The zero-order chi connectivity index (χ0) is 13.0. The first-order chi connectivity index (χ1) is 8.59. The molecule has 0 aliphatic carbocycles. The highest BCUT2D eigenvalue weighted by molar-refractivity contribution is 5.38. The second-order valence-electron chi connectivity index (χ2n) is 5.53. The van der Waals surface area contributed by atoms with Crippen LogP contribution >= 0.6 is 0 Å². The number of hydrogen-bond acceptors (Lipinski definition) is 4. The highest BCUT2D eigenvalue weighted by Crippen LogP contribution is 2.16. The number of pyridine rings is 1. The molecule has 0 aromatic carbocycles. The summed E-state index contributed by atoms with van der Waals surface area (Å²) in [6, 6.07) is 4.68. The Kier molecular flexibility index (Phi) is 4.19. The van der Waals surface area contributed by atoms with Crippen molar-refractivity contribution < 1.29 is 4.74 Å². The van der Waals surface area contributed by atoms with Gasteiger partial charge in [0.05, 0.1) is 19.3 Å². The SMILES string of the molecule is CCC(C)(C)Nc1ccc(CNC2COC2)cn1. The number of nitrogens with one attached hydrogen (secondary N) is 2. The van der Waals surface area contributed by atoms with E-state index in [0.29, 0.717) is 6.04 Å². The molecular weight excluding hydrogens is 226 g/mol. The standard InChI is InChI=1S/C14H23N3O/c1-4-14(2,3)17-13-6-5-11(8-16-13)7-15-12-9-18-10-12/h5-6,8,12,15H,4,7,9-10H2,1-3H3,(H,16,17). The van der Waals surface area contributed by atoms with Crippen LogP contribution in [0, 0.1) is 0 Å². The lowest BCUT2D eigenvalue weighted by Gasteiger charge is -2.27. The third-order valence-electron chi connectivity index (χ3n) is 3.41. The van der Waals surface area contributed by atoms with Crippen molar-refractivity contribution in [2.24, 2.45) is 0 Å². The zero-order valence-corrected chi connectivity index (χ0v) is 11.5. The van der Waals surface area contributed by atoms with Gasteiger partial charge in [-0.15, -0.1) is 0 Å². The second-order valence-corrected chi connectivity index (χ2v) is 5.53. The Labute approximate surface area is 109 Å². The number of ether oxygens (including phenoxy) is 1. The van der Waals surface area contributed by atoms with Crippen LogP contribution in [0.1, 0.15) is 32.8 Å². The maximum Gasteiger partial charge on any atom is 0.126 e. The van der Waals surface area contributed by atoms with E-state index in [0.717, 1.165) is 32.0 Å². The molecule has 2 N–H and O–H groups in total. The molecule has 0 bridgehead atoms. The minimum atomic E-state index is 0.0933. The third-order valence-corrected chi connectivity index (χ3v) is 3.41. The van der Waals surface area contributed by atoms with E-state index >= 15 is 0 Å². The molecule has 4 nitrogen and oxygen atoms in total. The molecule has 2 heterocycles. The predicted molar refractivity (Wildman–Crippen MR) is 73.7 cm³/mol. The lowest BCUT2D eigenvalue weighted by atomic mass is 10.0. The lowest BCUT2D eigenvalue weighted by Crippen LogP contribution is -2.45. The molecule has 0 radical (unpaired) electrons. The van der Waals surface area contributed by atoms with Crippen molar-refractivity contribution in [1.29, 1.82) is 0 Å². The molecule has 1 aliphatic rings. The molecule has 0 atom stereocenters. The molecule has 4 heteroatoms. The van der Waals surface area contributed by atoms with E-state index in [4.69, 9.17) is 4.74 Å². The molecule has 18 heavy (non-hydrogen) atoms. The van der Waals surface area contributed by atoms with Crippen molar-refractivity contribution in [3.8, 4) is 0 Å². The number of hydrogen-bond donors (Lipinski definition) is 2. The molecule has 1 aromatic rings. The molecule has 100 valence electrons. The Morgan fingerprint density at radius 1 is 1.39 bits per heavy atom. The van der Waals surface area contributed by atoms with E-state index in [-0.39, 0.29) is 5.54 Å². The molecule has 0 amide bonds. The summed E-state index contributed by atoms with van der Waals surface area (Å²) in [6.07, 6.45) is 3.00. The van der Waals surface area contributed by atoms with Crippen LogP contribution in [-0.2, 0) is 11.3 Å². The Morgan fingerprint density at radius 3 is 2.67 bits per heavy atom. The average molecular weight is 249 g/mol. The molecule has 2 rings (SSSR count). The van der Waals surface area contributed by atoms with Gasteiger partial charge in [-0.05, 0) is 31.9 Å². The fourth-order valence-corrected chi connectivity index (χ4v) is 1.65. The van der Waals surface area contributed by atoms with E-state index in [1.165, 1.54) is 5.56 Å². The number of anilines is 1. The van der Waals surface area contributed by atoms with Crippen LogP contribution in [0.2, 0.25) is 0 Å². The van der Waals surface area contributed by atoms with Crippen LogP contribution in [0.4, 0.5) is 5.82 Å². The first kappa shape index (κ1) is 13.3. The first-order valence-corrected chi connectivity index (χ1v) is 6.63. The third kappa shape index (κ3) is 3.68. The van der Waals surface area contributed by atoms with Gasteiger partial charge in [-0.3, -0.25) is 0 Å². The Morgan fingerprint density at radius 2 is 2.17 bits per heavy atom. The molecule has 1 saturated heterocycles. The van der Waals surface area contributed by atoms with Gasteiger partial charge in [0.25, 0.3) is 0 Å². The zero-order valence-electron chi connectivity index (χ0n) is 11.5. The van der Waals surface area contributed by atoms with Crippen LogP contribution in [0.5, 0.6) is 0 Å². The molecule has 1 aromatic heterocycles. The second kappa shape index (κ2) is 5.67. The van der Waals surface area contributed by atoms with Crippen molar-refractivity contribution in [3.05, 3.63) is 23.9 Å². The Bertz CT molecular complexity index is 371. The summed E-state index contributed by atoms with van der Waals surface area (Å²) < 4.78 is 5.12. The molecule has 0 spiro atoms. The number of rotatable bonds is 6. The van der Waals surface area contributed by atoms with Gasteiger partial charge in [-0.25, -0.2) is 4.98 Å². The van der Waals surface area contributed by atoms with Gasteiger partial charge in [-0.2, -0.15) is 0 Å². The fraction of sp³-hybridized carbons (Fsp3) is 0.643. The van der Waals surface area contributed by atoms with Crippen LogP contribution in [0.15, 0.2) is 18.3 Å². The number of nitrogens with zero attached hydrogens (tertiary/aromatic N) is 1. The van der Waals surface area contributed by atoms with E-state index in [9.17, 15) is 0 Å². The van der Waals surface area contributed by atoms with E-state index in [1.54, 1.807) is 0 Å². The highest BCUT2D eigenvalue weighted by atomic mass is 16.5. The summed E-state index contributed by atoms with van der Waals surface area (Å²) in [4.78, 5) is 4.45. The van der Waals surface area contributed by atoms with Gasteiger partial charge in [0, 0.05) is 18.3 Å². The van der Waals surface area contributed by atoms with Crippen LogP contribution < -0.4 is 10.6 Å². The summed E-state index contributed by atoms with van der Waals surface area (Å²) in [5, 5.41) is 6.86. The van der Waals surface area contributed by atoms with Crippen molar-refractivity contribution in [2.45, 2.75) is 45.3 Å². The Hall–Kier alpha value is -1.13. The maximum atomic E-state index is 5.12. The van der Waals surface area contributed by atoms with E-state index in [2.05, 4.69) is 42.5 Å². The summed E-state index contributed by atoms with van der Waals surface area (Å²) in [7, 11) is 0. The van der Waals surface area contributed by atoms with Crippen LogP contribution in [0.25, 0.3) is 0 Å². The monoisotopic (exact) mass is 249 g/mol. The molecular formula is C14H23N3O. The summed E-state index contributed by atoms with van der Waals surface area (Å²) in [5.74, 6) is 0.942. The number of aromatic nitrogens is 1. The normalized spacial score (nSPS) is 16.4. The minimum Gasteiger partial charge on any atom is -0.378 e. The first-order valence-electron chi connectivity index (χ1n) is 6.63.